The number of aryl methyl sites for hydroxylation is 2. The topological polar surface area (TPSA) is 138 Å². The normalized spacial score (nSPS) is 10.3. The van der Waals surface area contributed by atoms with E-state index in [1.807, 2.05) is 146 Å². The maximum atomic E-state index is 5.67. The Morgan fingerprint density at radius 3 is 0.750 bits per heavy atom. The highest BCUT2D eigenvalue weighted by Gasteiger charge is 2.18. The molecule has 0 saturated carbocycles. The molecule has 0 aliphatic rings. The predicted octanol–water partition coefficient (Wildman–Crippen LogP) is 27.2. The third-order valence-corrected chi connectivity index (χ3v) is 21.7. The fourth-order valence-corrected chi connectivity index (χ4v) is 14.9. The molecule has 0 radical (unpaired) electrons. The molecule has 128 heavy (non-hydrogen) atoms. The Morgan fingerprint density at radius 1 is 0.164 bits per heavy atom. The molecule has 0 aliphatic heterocycles. The van der Waals surface area contributed by atoms with Crippen LogP contribution in [0.15, 0.2) is 346 Å². The highest BCUT2D eigenvalue weighted by Crippen LogP contribution is 2.42. The van der Waals surface area contributed by atoms with Crippen LogP contribution in [0.2, 0.25) is 0 Å². The number of ether oxygens (including phenoxy) is 15. The lowest BCUT2D eigenvalue weighted by molar-refractivity contribution is 0.402. The van der Waals surface area contributed by atoms with E-state index in [9.17, 15) is 0 Å². The molecule has 0 amide bonds. The van der Waals surface area contributed by atoms with Crippen molar-refractivity contribution in [2.24, 2.45) is 0 Å². The zero-order chi connectivity index (χ0) is 90.7. The summed E-state index contributed by atoms with van der Waals surface area (Å²) in [5, 5.41) is 17.0. The predicted molar refractivity (Wildman–Crippen MR) is 526 cm³/mol. The molecule has 0 N–H and O–H groups in total. The van der Waals surface area contributed by atoms with Crippen LogP contribution >= 0.6 is 0 Å². The highest BCUT2D eigenvalue weighted by atomic mass is 16.5. The Morgan fingerprint density at radius 2 is 0.414 bits per heavy atom. The van der Waals surface area contributed by atoms with E-state index in [1.165, 1.54) is 86.9 Å². The van der Waals surface area contributed by atoms with Gasteiger partial charge >= 0.3 is 0 Å². The molecule has 654 valence electrons. The Bertz CT molecular complexity index is 6230. The molecule has 0 unspecified atom stereocenters. The standard InChI is InChI=1S/2C23H20O2.C19H18O3.2C12H12O.3C8H10O2/c1-24-22-14-18-9-5-3-7-16(18)11-20(22)13-21-12-17-8-4-6-10-19(17)15-23(21)25-2;1-24-22-13-11-16-7-3-5-9-18(16)20(22)15-21-19-10-6-4-8-17(19)12-14-23(21)25-2;1-20-15-8-9-18(21-2)17(12-15)16-10-13-6-4-5-7-14(13)11-19(16)22-3;1-9-7-10-5-3-4-6-11(10)8-12(9)13-2;1-9-11-6-4-3-5-10(11)7-8-12(9)13-2;3*1-9-7-3-5-8(10-2)6-4-7/h3-12,14-15H,13H2,1-2H3;3-14H,15H2,1-2H3;4-12H,1-3H3;2*3-8H,1-2H3;3*3-6H,1-2H3. The van der Waals surface area contributed by atoms with E-state index >= 15 is 0 Å². The van der Waals surface area contributed by atoms with Crippen molar-refractivity contribution in [1.82, 2.24) is 0 Å². The summed E-state index contributed by atoms with van der Waals surface area (Å²) in [6.07, 6.45) is 1.52. The van der Waals surface area contributed by atoms with E-state index in [4.69, 9.17) is 71.1 Å². The van der Waals surface area contributed by atoms with Gasteiger partial charge in [0, 0.05) is 35.1 Å². The van der Waals surface area contributed by atoms with E-state index in [0.29, 0.717) is 0 Å². The van der Waals surface area contributed by atoms with E-state index in [0.717, 1.165) is 132 Å². The minimum absolute atomic E-state index is 0.759. The molecule has 15 heteroatoms. The molecule has 0 saturated heterocycles. The zero-order valence-electron chi connectivity index (χ0n) is 75.9. The van der Waals surface area contributed by atoms with Crippen molar-refractivity contribution in [2.45, 2.75) is 26.7 Å². The van der Waals surface area contributed by atoms with Crippen LogP contribution in [0.25, 0.3) is 86.5 Å². The molecule has 0 bridgehead atoms. The van der Waals surface area contributed by atoms with Gasteiger partial charge in [0.25, 0.3) is 0 Å². The SMILES string of the molecule is COc1cc2ccccc2cc1C.COc1cc2ccccc2cc1Cc1cc2ccccc2cc1OC.COc1ccc(OC)c(-c2cc3ccccc3cc2OC)c1.COc1ccc(OC)cc1.COc1ccc(OC)cc1.COc1ccc(OC)cc1.COc1ccc2ccccc2c1C.COc1ccc2ccccc2c1Cc1c(OC)ccc2ccccc12. The number of fused-ring (bicyclic) bond motifs is 7. The van der Waals surface area contributed by atoms with Crippen LogP contribution in [0.5, 0.6) is 86.2 Å². The smallest absolute Gasteiger partial charge is 0.127 e. The molecule has 18 rings (SSSR count). The van der Waals surface area contributed by atoms with Crippen molar-refractivity contribution in [3.63, 3.8) is 0 Å². The Labute approximate surface area is 751 Å². The summed E-state index contributed by atoms with van der Waals surface area (Å²) < 4.78 is 79.3. The number of benzene rings is 18. The molecular weight excluding hydrogens is 1600 g/mol. The third-order valence-electron chi connectivity index (χ3n) is 21.7. The van der Waals surface area contributed by atoms with Crippen LogP contribution in [0.4, 0.5) is 0 Å². The average molecular weight is 1710 g/mol. The van der Waals surface area contributed by atoms with E-state index < -0.39 is 0 Å². The van der Waals surface area contributed by atoms with Crippen LogP contribution in [-0.2, 0) is 12.8 Å². The van der Waals surface area contributed by atoms with Gasteiger partial charge in [-0.3, -0.25) is 0 Å². The maximum absolute atomic E-state index is 5.67. The second kappa shape index (κ2) is 47.6. The summed E-state index contributed by atoms with van der Waals surface area (Å²) in [6, 6.07) is 116. The van der Waals surface area contributed by atoms with Crippen molar-refractivity contribution in [1.29, 1.82) is 0 Å². The summed E-state index contributed by atoms with van der Waals surface area (Å²) in [5.74, 6) is 13.0. The lowest BCUT2D eigenvalue weighted by Crippen LogP contribution is -1.99. The van der Waals surface area contributed by atoms with Crippen molar-refractivity contribution in [2.75, 3.05) is 107 Å². The molecule has 0 atom stereocenters. The maximum Gasteiger partial charge on any atom is 0.127 e. The lowest BCUT2D eigenvalue weighted by atomic mass is 9.93. The first-order valence-corrected chi connectivity index (χ1v) is 41.7. The molecule has 0 aromatic heterocycles. The fraction of sp³-hybridized carbons (Fsp3) is 0.168. The molecule has 15 nitrogen and oxygen atoms in total. The average Bonchev–Trinajstić information content (AvgIpc) is 0.766. The first kappa shape index (κ1) is 93.5. The second-order valence-corrected chi connectivity index (χ2v) is 29.2. The molecule has 18 aromatic rings. The molecular formula is C113H112O15. The van der Waals surface area contributed by atoms with Gasteiger partial charge in [0.05, 0.1) is 107 Å². The van der Waals surface area contributed by atoms with Crippen molar-refractivity contribution >= 4 is 75.4 Å². The van der Waals surface area contributed by atoms with Gasteiger partial charge in [-0.2, -0.15) is 0 Å². The van der Waals surface area contributed by atoms with E-state index in [-0.39, 0.29) is 0 Å². The third kappa shape index (κ3) is 24.4. The summed E-state index contributed by atoms with van der Waals surface area (Å²) in [6.45, 7) is 4.15. The van der Waals surface area contributed by atoms with Crippen LogP contribution in [-0.4, -0.2) is 107 Å². The van der Waals surface area contributed by atoms with Gasteiger partial charge in [0.2, 0.25) is 0 Å². The molecule has 0 fully saturated rings. The molecule has 0 aliphatic carbocycles. The number of rotatable bonds is 20. The largest absolute Gasteiger partial charge is 0.497 e. The minimum Gasteiger partial charge on any atom is -0.497 e. The first-order valence-electron chi connectivity index (χ1n) is 41.7. The summed E-state index contributed by atoms with van der Waals surface area (Å²) in [7, 11) is 25.2. The molecule has 18 aromatic carbocycles. The quantitative estimate of drug-likeness (QED) is 0.0715. The van der Waals surface area contributed by atoms with E-state index in [2.05, 4.69) is 214 Å². The monoisotopic (exact) mass is 1710 g/mol. The van der Waals surface area contributed by atoms with Crippen LogP contribution in [0.3, 0.4) is 0 Å². The number of hydrogen-bond acceptors (Lipinski definition) is 15. The van der Waals surface area contributed by atoms with Gasteiger partial charge in [-0.1, -0.05) is 188 Å². The summed E-state index contributed by atoms with van der Waals surface area (Å²) in [4.78, 5) is 0. The fourth-order valence-electron chi connectivity index (χ4n) is 14.9. The minimum atomic E-state index is 0.759. The van der Waals surface area contributed by atoms with Crippen LogP contribution in [0, 0.1) is 13.8 Å². The zero-order valence-corrected chi connectivity index (χ0v) is 75.9. The Kier molecular flexibility index (Phi) is 34.8. The Balaban J connectivity index is 0.000000146. The number of methoxy groups -OCH3 is 15. The second-order valence-electron chi connectivity index (χ2n) is 29.2. The van der Waals surface area contributed by atoms with Gasteiger partial charge in [-0.25, -0.2) is 0 Å². The van der Waals surface area contributed by atoms with Crippen LogP contribution < -0.4 is 71.1 Å². The lowest BCUT2D eigenvalue weighted by Gasteiger charge is -2.16. The summed E-state index contributed by atoms with van der Waals surface area (Å²) >= 11 is 0. The van der Waals surface area contributed by atoms with Gasteiger partial charge in [-0.05, 0) is 269 Å². The molecule has 0 spiro atoms. The first-order chi connectivity index (χ1) is 62.6. The van der Waals surface area contributed by atoms with Crippen molar-refractivity contribution in [3.8, 4) is 97.4 Å². The summed E-state index contributed by atoms with van der Waals surface area (Å²) in [5.41, 5.74) is 9.03. The van der Waals surface area contributed by atoms with Crippen molar-refractivity contribution < 1.29 is 71.1 Å². The van der Waals surface area contributed by atoms with Gasteiger partial charge in [0.1, 0.15) is 86.2 Å². The van der Waals surface area contributed by atoms with Gasteiger partial charge < -0.3 is 71.1 Å². The van der Waals surface area contributed by atoms with Gasteiger partial charge in [-0.15, -0.1) is 0 Å². The Hall–Kier alpha value is -15.2. The van der Waals surface area contributed by atoms with Gasteiger partial charge in [0.15, 0.2) is 0 Å². The van der Waals surface area contributed by atoms with E-state index in [1.54, 1.807) is 107 Å². The number of hydrogen-bond donors (Lipinski definition) is 0. The highest BCUT2D eigenvalue weighted by molar-refractivity contribution is 5.95. The van der Waals surface area contributed by atoms with Crippen LogP contribution in [0.1, 0.15) is 33.4 Å². The van der Waals surface area contributed by atoms with Crippen molar-refractivity contribution in [3.05, 3.63) is 379 Å². The molecule has 0 heterocycles.